The fraction of sp³-hybridized carbons (Fsp3) is 0.609. The first kappa shape index (κ1) is 24.5. The Kier molecular flexibility index (Phi) is 12.7. The van der Waals surface area contributed by atoms with Gasteiger partial charge in [0.25, 0.3) is 0 Å². The number of esters is 1. The van der Waals surface area contributed by atoms with Crippen molar-refractivity contribution < 1.29 is 9.53 Å². The minimum atomic E-state index is -0.604. The van der Waals surface area contributed by atoms with Crippen molar-refractivity contribution in [1.29, 1.82) is 0 Å². The molecule has 1 atom stereocenters. The third kappa shape index (κ3) is 8.66. The van der Waals surface area contributed by atoms with Crippen molar-refractivity contribution >= 4 is 29.3 Å². The van der Waals surface area contributed by atoms with Crippen LogP contribution in [0.5, 0.6) is 0 Å². The number of benzene rings is 1. The van der Waals surface area contributed by atoms with Crippen LogP contribution in [-0.2, 0) is 16.0 Å². The van der Waals surface area contributed by atoms with E-state index in [1.165, 1.54) is 51.4 Å². The van der Waals surface area contributed by atoms with Crippen LogP contribution >= 0.6 is 12.4 Å². The van der Waals surface area contributed by atoms with Crippen LogP contribution in [0, 0.1) is 0 Å². The number of carbonyl (C=O) groups is 1. The number of aromatic nitrogens is 1. The van der Waals surface area contributed by atoms with E-state index in [0.717, 1.165) is 29.3 Å². The molecule has 3 N–H and O–H groups in total. The minimum Gasteiger partial charge on any atom is -0.465 e. The van der Waals surface area contributed by atoms with E-state index in [2.05, 4.69) is 11.9 Å². The normalized spacial score (nSPS) is 11.9. The van der Waals surface area contributed by atoms with Crippen LogP contribution in [0.3, 0.4) is 0 Å². The molecule has 0 saturated heterocycles. The second kappa shape index (κ2) is 14.5. The first-order valence-electron chi connectivity index (χ1n) is 10.7. The zero-order chi connectivity index (χ0) is 19.3. The standard InChI is InChI=1S/C23H36N2O2.ClH/c1-2-3-4-5-6-7-8-9-10-13-16-27-23(26)21(24)17-19-18-25-22-15-12-11-14-20(19)22;/h11-12,14-15,18,21,25H,2-10,13,16-17,24H2,1H3;1H/t21-;/m0./s1. The predicted octanol–water partition coefficient (Wildman–Crippen LogP) is 5.92. The van der Waals surface area contributed by atoms with Gasteiger partial charge in [-0.05, 0) is 18.1 Å². The van der Waals surface area contributed by atoms with Gasteiger partial charge in [-0.1, -0.05) is 82.9 Å². The maximum Gasteiger partial charge on any atom is 0.323 e. The molecule has 1 aromatic carbocycles. The average molecular weight is 409 g/mol. The summed E-state index contributed by atoms with van der Waals surface area (Å²) in [7, 11) is 0. The number of rotatable bonds is 14. The van der Waals surface area contributed by atoms with Crippen LogP contribution in [0.2, 0.25) is 0 Å². The van der Waals surface area contributed by atoms with Gasteiger partial charge in [-0.15, -0.1) is 12.4 Å². The van der Waals surface area contributed by atoms with Crippen LogP contribution in [-0.4, -0.2) is 23.6 Å². The number of unbranched alkanes of at least 4 members (excludes halogenated alkanes) is 9. The van der Waals surface area contributed by atoms with Crippen LogP contribution < -0.4 is 5.73 Å². The van der Waals surface area contributed by atoms with E-state index < -0.39 is 6.04 Å². The highest BCUT2D eigenvalue weighted by Crippen LogP contribution is 2.19. The Morgan fingerprint density at radius 2 is 1.61 bits per heavy atom. The molecule has 158 valence electrons. The Morgan fingerprint density at radius 3 is 2.29 bits per heavy atom. The Hall–Kier alpha value is -1.52. The summed E-state index contributed by atoms with van der Waals surface area (Å²) < 4.78 is 5.36. The van der Waals surface area contributed by atoms with E-state index in [1.807, 2.05) is 30.5 Å². The Morgan fingerprint density at radius 1 is 1.00 bits per heavy atom. The second-order valence-electron chi connectivity index (χ2n) is 7.52. The molecule has 0 spiro atoms. The van der Waals surface area contributed by atoms with Gasteiger partial charge in [0.2, 0.25) is 0 Å². The van der Waals surface area contributed by atoms with Gasteiger partial charge in [0, 0.05) is 23.5 Å². The van der Waals surface area contributed by atoms with Crippen molar-refractivity contribution in [1.82, 2.24) is 4.98 Å². The van der Waals surface area contributed by atoms with Gasteiger partial charge in [-0.25, -0.2) is 0 Å². The minimum absolute atomic E-state index is 0. The number of para-hydroxylation sites is 1. The zero-order valence-electron chi connectivity index (χ0n) is 17.3. The van der Waals surface area contributed by atoms with Crippen molar-refractivity contribution in [2.75, 3.05) is 6.61 Å². The Balaban J connectivity index is 0.00000392. The lowest BCUT2D eigenvalue weighted by atomic mass is 10.1. The lowest BCUT2D eigenvalue weighted by molar-refractivity contribution is -0.145. The topological polar surface area (TPSA) is 68.1 Å². The van der Waals surface area contributed by atoms with E-state index in [-0.39, 0.29) is 18.4 Å². The molecule has 0 aliphatic carbocycles. The SMILES string of the molecule is CCCCCCCCCCCCOC(=O)[C@@H](N)Cc1c[nH]c2ccccc12.Cl. The van der Waals surface area contributed by atoms with Crippen molar-refractivity contribution in [2.24, 2.45) is 5.73 Å². The van der Waals surface area contributed by atoms with Crippen molar-refractivity contribution in [3.63, 3.8) is 0 Å². The van der Waals surface area contributed by atoms with E-state index in [9.17, 15) is 4.79 Å². The molecule has 0 bridgehead atoms. The Labute approximate surface area is 176 Å². The number of nitrogens with one attached hydrogen (secondary N) is 1. The maximum atomic E-state index is 12.1. The monoisotopic (exact) mass is 408 g/mol. The van der Waals surface area contributed by atoms with Crippen molar-refractivity contribution in [3.05, 3.63) is 36.0 Å². The molecular weight excluding hydrogens is 372 g/mol. The summed E-state index contributed by atoms with van der Waals surface area (Å²) in [6, 6.07) is 7.45. The summed E-state index contributed by atoms with van der Waals surface area (Å²) >= 11 is 0. The molecule has 2 aromatic rings. The molecule has 0 amide bonds. The van der Waals surface area contributed by atoms with Gasteiger partial charge in [0.05, 0.1) is 6.61 Å². The molecule has 0 saturated carbocycles. The number of ether oxygens (including phenoxy) is 1. The number of hydrogen-bond acceptors (Lipinski definition) is 3. The molecule has 1 aromatic heterocycles. The number of H-pyrrole nitrogens is 1. The van der Waals surface area contributed by atoms with E-state index >= 15 is 0 Å². The molecule has 5 heteroatoms. The highest BCUT2D eigenvalue weighted by Gasteiger charge is 2.17. The molecule has 2 rings (SSSR count). The molecule has 0 aliphatic rings. The van der Waals surface area contributed by atoms with E-state index in [1.54, 1.807) is 0 Å². The maximum absolute atomic E-state index is 12.1. The number of aromatic amines is 1. The summed E-state index contributed by atoms with van der Waals surface area (Å²) in [6.07, 6.45) is 15.1. The van der Waals surface area contributed by atoms with Gasteiger partial charge in [0.1, 0.15) is 6.04 Å². The third-order valence-corrected chi connectivity index (χ3v) is 5.16. The van der Waals surface area contributed by atoms with Crippen LogP contribution in [0.15, 0.2) is 30.5 Å². The van der Waals surface area contributed by atoms with Crippen LogP contribution in [0.1, 0.15) is 76.7 Å². The highest BCUT2D eigenvalue weighted by molar-refractivity contribution is 5.85. The fourth-order valence-electron chi connectivity index (χ4n) is 3.49. The molecule has 0 fully saturated rings. The smallest absolute Gasteiger partial charge is 0.323 e. The first-order chi connectivity index (χ1) is 13.2. The lowest BCUT2D eigenvalue weighted by Gasteiger charge is -2.11. The largest absolute Gasteiger partial charge is 0.465 e. The molecule has 0 aliphatic heterocycles. The second-order valence-corrected chi connectivity index (χ2v) is 7.52. The van der Waals surface area contributed by atoms with Gasteiger partial charge in [0.15, 0.2) is 0 Å². The summed E-state index contributed by atoms with van der Waals surface area (Å²) in [4.78, 5) is 15.3. The molecule has 28 heavy (non-hydrogen) atoms. The Bertz CT molecular complexity index is 671. The fourth-order valence-corrected chi connectivity index (χ4v) is 3.49. The number of carbonyl (C=O) groups excluding carboxylic acids is 1. The molecule has 0 radical (unpaired) electrons. The van der Waals surface area contributed by atoms with Gasteiger partial charge in [-0.3, -0.25) is 4.79 Å². The number of halogens is 1. The molecular formula is C23H37ClN2O2. The zero-order valence-corrected chi connectivity index (χ0v) is 18.1. The van der Waals surface area contributed by atoms with E-state index in [4.69, 9.17) is 10.5 Å². The quantitative estimate of drug-likeness (QED) is 0.301. The summed E-state index contributed by atoms with van der Waals surface area (Å²) in [5.74, 6) is -0.295. The third-order valence-electron chi connectivity index (χ3n) is 5.16. The number of hydrogen-bond donors (Lipinski definition) is 2. The van der Waals surface area contributed by atoms with Crippen LogP contribution in [0.4, 0.5) is 0 Å². The highest BCUT2D eigenvalue weighted by atomic mass is 35.5. The average Bonchev–Trinajstić information content (AvgIpc) is 3.09. The van der Waals surface area contributed by atoms with Gasteiger partial charge < -0.3 is 15.5 Å². The lowest BCUT2D eigenvalue weighted by Crippen LogP contribution is -2.34. The molecule has 0 unspecified atom stereocenters. The molecule has 4 nitrogen and oxygen atoms in total. The van der Waals surface area contributed by atoms with Crippen molar-refractivity contribution in [3.8, 4) is 0 Å². The summed E-state index contributed by atoms with van der Waals surface area (Å²) in [6.45, 7) is 2.73. The van der Waals surface area contributed by atoms with Crippen LogP contribution in [0.25, 0.3) is 10.9 Å². The van der Waals surface area contributed by atoms with Crippen molar-refractivity contribution in [2.45, 2.75) is 83.6 Å². The van der Waals surface area contributed by atoms with Gasteiger partial charge >= 0.3 is 5.97 Å². The van der Waals surface area contributed by atoms with Gasteiger partial charge in [-0.2, -0.15) is 0 Å². The predicted molar refractivity (Wildman–Crippen MR) is 120 cm³/mol. The van der Waals surface area contributed by atoms with E-state index in [0.29, 0.717) is 13.0 Å². The number of fused-ring (bicyclic) bond motifs is 1. The molecule has 1 heterocycles. The first-order valence-corrected chi connectivity index (χ1v) is 10.7. The summed E-state index contributed by atoms with van der Waals surface area (Å²) in [5.41, 5.74) is 8.17. The summed E-state index contributed by atoms with van der Waals surface area (Å²) in [5, 5.41) is 1.12. The number of nitrogens with two attached hydrogens (primary N) is 1.